The highest BCUT2D eigenvalue weighted by Crippen LogP contribution is 2.27. The number of hydrogen-bond acceptors (Lipinski definition) is 3. The highest BCUT2D eigenvalue weighted by Gasteiger charge is 2.29. The number of piperidine rings is 1. The van der Waals surface area contributed by atoms with E-state index in [2.05, 4.69) is 5.32 Å². The molecular formula is C14H12N2O3. The molecule has 0 saturated carbocycles. The van der Waals surface area contributed by atoms with Crippen LogP contribution in [0.5, 0.6) is 0 Å². The molecule has 0 radical (unpaired) electrons. The second-order valence-electron chi connectivity index (χ2n) is 4.59. The van der Waals surface area contributed by atoms with Gasteiger partial charge in [-0.3, -0.25) is 19.7 Å². The molecule has 1 atom stereocenters. The Morgan fingerprint density at radius 2 is 2.05 bits per heavy atom. The lowest BCUT2D eigenvalue weighted by molar-refractivity contribution is -0.135. The van der Waals surface area contributed by atoms with Crippen LogP contribution < -0.4 is 5.32 Å². The van der Waals surface area contributed by atoms with Crippen LogP contribution in [0.25, 0.3) is 10.9 Å². The van der Waals surface area contributed by atoms with Crippen molar-refractivity contribution >= 4 is 29.0 Å². The lowest BCUT2D eigenvalue weighted by Gasteiger charge is -2.23. The second-order valence-corrected chi connectivity index (χ2v) is 4.59. The van der Waals surface area contributed by atoms with Gasteiger partial charge in [-0.15, -0.1) is 0 Å². The summed E-state index contributed by atoms with van der Waals surface area (Å²) >= 11 is 0. The van der Waals surface area contributed by atoms with Gasteiger partial charge in [0, 0.05) is 29.1 Å². The molecule has 1 aliphatic rings. The average Bonchev–Trinajstić information content (AvgIpc) is 2.78. The van der Waals surface area contributed by atoms with E-state index in [1.54, 1.807) is 10.8 Å². The summed E-state index contributed by atoms with van der Waals surface area (Å²) in [5, 5.41) is 3.15. The summed E-state index contributed by atoms with van der Waals surface area (Å²) < 4.78 is 1.78. The van der Waals surface area contributed by atoms with Crippen molar-refractivity contribution in [2.75, 3.05) is 0 Å². The molecule has 5 nitrogen and oxygen atoms in total. The van der Waals surface area contributed by atoms with Crippen molar-refractivity contribution in [1.82, 2.24) is 9.88 Å². The summed E-state index contributed by atoms with van der Waals surface area (Å²) in [4.78, 5) is 34.2. The molecule has 0 spiro atoms. The van der Waals surface area contributed by atoms with Crippen LogP contribution in [0.2, 0.25) is 0 Å². The Morgan fingerprint density at radius 1 is 1.26 bits per heavy atom. The minimum Gasteiger partial charge on any atom is -0.334 e. The third-order valence-corrected chi connectivity index (χ3v) is 3.44. The smallest absolute Gasteiger partial charge is 0.249 e. The lowest BCUT2D eigenvalue weighted by Crippen LogP contribution is -2.41. The predicted molar refractivity (Wildman–Crippen MR) is 68.7 cm³/mol. The summed E-state index contributed by atoms with van der Waals surface area (Å²) in [6.07, 6.45) is 3.24. The van der Waals surface area contributed by atoms with Gasteiger partial charge in [0.15, 0.2) is 6.29 Å². The van der Waals surface area contributed by atoms with E-state index >= 15 is 0 Å². The first kappa shape index (κ1) is 11.6. The maximum absolute atomic E-state index is 11.9. The van der Waals surface area contributed by atoms with Gasteiger partial charge in [0.2, 0.25) is 11.8 Å². The largest absolute Gasteiger partial charge is 0.334 e. The molecule has 1 N–H and O–H groups in total. The Bertz CT molecular complexity index is 687. The number of fused-ring (bicyclic) bond motifs is 1. The van der Waals surface area contributed by atoms with Crippen LogP contribution in [0.3, 0.4) is 0 Å². The van der Waals surface area contributed by atoms with Crippen LogP contribution in [0, 0.1) is 0 Å². The van der Waals surface area contributed by atoms with Crippen LogP contribution in [-0.2, 0) is 9.59 Å². The van der Waals surface area contributed by atoms with Gasteiger partial charge in [-0.1, -0.05) is 18.2 Å². The normalized spacial score (nSPS) is 19.5. The first-order valence-corrected chi connectivity index (χ1v) is 6.09. The van der Waals surface area contributed by atoms with E-state index in [0.29, 0.717) is 18.4 Å². The van der Waals surface area contributed by atoms with Crippen LogP contribution >= 0.6 is 0 Å². The fourth-order valence-corrected chi connectivity index (χ4v) is 2.53. The molecule has 1 unspecified atom stereocenters. The zero-order chi connectivity index (χ0) is 13.4. The van der Waals surface area contributed by atoms with E-state index in [4.69, 9.17) is 0 Å². The fraction of sp³-hybridized carbons (Fsp3) is 0.214. The minimum absolute atomic E-state index is 0.242. The molecule has 0 bridgehead atoms. The van der Waals surface area contributed by atoms with Gasteiger partial charge in [-0.2, -0.15) is 0 Å². The maximum Gasteiger partial charge on any atom is 0.249 e. The first-order chi connectivity index (χ1) is 9.20. The molecule has 2 aromatic rings. The van der Waals surface area contributed by atoms with Crippen molar-refractivity contribution in [3.63, 3.8) is 0 Å². The Hall–Kier alpha value is -2.43. The van der Waals surface area contributed by atoms with E-state index in [1.165, 1.54) is 0 Å². The van der Waals surface area contributed by atoms with Crippen molar-refractivity contribution in [2.24, 2.45) is 0 Å². The van der Waals surface area contributed by atoms with E-state index < -0.39 is 6.04 Å². The molecule has 1 aromatic heterocycles. The van der Waals surface area contributed by atoms with Gasteiger partial charge in [0.1, 0.15) is 6.04 Å². The van der Waals surface area contributed by atoms with Crippen molar-refractivity contribution in [3.8, 4) is 0 Å². The molecule has 5 heteroatoms. The molecule has 2 heterocycles. The fourth-order valence-electron chi connectivity index (χ4n) is 2.53. The van der Waals surface area contributed by atoms with Crippen molar-refractivity contribution in [3.05, 3.63) is 36.0 Å². The Balaban J connectivity index is 2.12. The van der Waals surface area contributed by atoms with Crippen LogP contribution in [0.15, 0.2) is 30.5 Å². The summed E-state index contributed by atoms with van der Waals surface area (Å²) in [5.74, 6) is -0.553. The van der Waals surface area contributed by atoms with E-state index in [-0.39, 0.29) is 11.8 Å². The summed E-state index contributed by atoms with van der Waals surface area (Å²) in [5.41, 5.74) is 1.39. The number of benzene rings is 1. The number of hydrogen-bond donors (Lipinski definition) is 1. The molecule has 1 aliphatic heterocycles. The molecular weight excluding hydrogens is 244 g/mol. The topological polar surface area (TPSA) is 68.2 Å². The van der Waals surface area contributed by atoms with Crippen LogP contribution in [0.4, 0.5) is 0 Å². The molecule has 1 aromatic carbocycles. The third-order valence-electron chi connectivity index (χ3n) is 3.44. The Labute approximate surface area is 109 Å². The first-order valence-electron chi connectivity index (χ1n) is 6.09. The second kappa shape index (κ2) is 4.35. The summed E-state index contributed by atoms with van der Waals surface area (Å²) in [6.45, 7) is 0. The maximum atomic E-state index is 11.9. The number of amides is 2. The highest BCUT2D eigenvalue weighted by atomic mass is 16.2. The number of carbonyl (C=O) groups excluding carboxylic acids is 3. The van der Waals surface area contributed by atoms with Crippen LogP contribution in [0.1, 0.15) is 29.2 Å². The number of aromatic nitrogens is 1. The number of aldehydes is 1. The van der Waals surface area contributed by atoms with Gasteiger partial charge in [-0.05, 0) is 12.5 Å². The van der Waals surface area contributed by atoms with Gasteiger partial charge in [-0.25, -0.2) is 0 Å². The zero-order valence-corrected chi connectivity index (χ0v) is 10.1. The minimum atomic E-state index is -0.434. The Kier molecular flexibility index (Phi) is 2.67. The number of para-hydroxylation sites is 1. The van der Waals surface area contributed by atoms with E-state index in [0.717, 1.165) is 17.2 Å². The van der Waals surface area contributed by atoms with Crippen LogP contribution in [-0.4, -0.2) is 22.7 Å². The average molecular weight is 256 g/mol. The molecule has 1 fully saturated rings. The SMILES string of the molecule is O=Cc1cn(C2CCC(=O)NC2=O)c2ccccc12. The molecule has 2 amide bonds. The van der Waals surface area contributed by atoms with E-state index in [1.807, 2.05) is 24.3 Å². The zero-order valence-electron chi connectivity index (χ0n) is 10.1. The quantitative estimate of drug-likeness (QED) is 0.653. The number of nitrogens with zero attached hydrogens (tertiary/aromatic N) is 1. The molecule has 1 saturated heterocycles. The van der Waals surface area contributed by atoms with Crippen molar-refractivity contribution in [1.29, 1.82) is 0 Å². The summed E-state index contributed by atoms with van der Waals surface area (Å²) in [7, 11) is 0. The third kappa shape index (κ3) is 1.83. The predicted octanol–water partition coefficient (Wildman–Crippen LogP) is 1.43. The monoisotopic (exact) mass is 256 g/mol. The van der Waals surface area contributed by atoms with Gasteiger partial charge < -0.3 is 4.57 Å². The van der Waals surface area contributed by atoms with Gasteiger partial charge in [0.05, 0.1) is 0 Å². The lowest BCUT2D eigenvalue weighted by atomic mass is 10.1. The number of imide groups is 1. The number of carbonyl (C=O) groups is 3. The number of rotatable bonds is 2. The molecule has 19 heavy (non-hydrogen) atoms. The van der Waals surface area contributed by atoms with Gasteiger partial charge in [0.25, 0.3) is 0 Å². The highest BCUT2D eigenvalue weighted by molar-refractivity contribution is 6.02. The van der Waals surface area contributed by atoms with Gasteiger partial charge >= 0.3 is 0 Å². The standard InChI is InChI=1S/C14H12N2O3/c17-8-9-7-16(11-4-2-1-3-10(9)11)12-5-6-13(18)15-14(12)19/h1-4,7-8,12H,5-6H2,(H,15,18,19). The van der Waals surface area contributed by atoms with Crippen molar-refractivity contribution < 1.29 is 14.4 Å². The number of nitrogens with one attached hydrogen (secondary N) is 1. The molecule has 0 aliphatic carbocycles. The summed E-state index contributed by atoms with van der Waals surface area (Å²) in [6, 6.07) is 6.99. The molecule has 3 rings (SSSR count). The van der Waals surface area contributed by atoms with Crippen molar-refractivity contribution in [2.45, 2.75) is 18.9 Å². The Morgan fingerprint density at radius 3 is 2.79 bits per heavy atom. The van der Waals surface area contributed by atoms with E-state index in [9.17, 15) is 14.4 Å². The molecule has 96 valence electrons.